The average molecular weight is 711 g/mol. The molecule has 268 valence electrons. The predicted molar refractivity (Wildman–Crippen MR) is 184 cm³/mol. The number of carbonyl (C=O) groups is 2. The molecule has 0 saturated carbocycles. The van der Waals surface area contributed by atoms with Crippen molar-refractivity contribution in [2.45, 2.75) is 42.3 Å². The fourth-order valence-corrected chi connectivity index (χ4v) is 9.01. The molecule has 3 heterocycles. The Labute approximate surface area is 292 Å². The SMILES string of the molecule is COc1ccc(S(=O)(=O)N2C(=O)C(c3cc(CN4CCOCC4)ccc3OC)(N3CCCC[C@H]3C(=O)N(C)C)c3cc(F)ccc32)c(OC)c1. The number of amides is 2. The number of morpholine rings is 1. The Kier molecular flexibility index (Phi) is 10.1. The average Bonchev–Trinajstić information content (AvgIpc) is 3.39. The van der Waals surface area contributed by atoms with Gasteiger partial charge in [-0.1, -0.05) is 12.5 Å². The Hall–Kier alpha value is -4.24. The lowest BCUT2D eigenvalue weighted by molar-refractivity contribution is -0.142. The minimum Gasteiger partial charge on any atom is -0.497 e. The van der Waals surface area contributed by atoms with E-state index in [1.54, 1.807) is 25.1 Å². The number of carbonyl (C=O) groups excluding carboxylic acids is 2. The number of hydrogen-bond acceptors (Lipinski definition) is 10. The van der Waals surface area contributed by atoms with E-state index in [0.717, 1.165) is 15.9 Å². The highest BCUT2D eigenvalue weighted by atomic mass is 32.2. The number of ether oxygens (including phenoxy) is 4. The molecule has 3 aliphatic rings. The van der Waals surface area contributed by atoms with Crippen LogP contribution in [0.2, 0.25) is 0 Å². The molecule has 2 fully saturated rings. The molecule has 2 amide bonds. The molecule has 50 heavy (non-hydrogen) atoms. The van der Waals surface area contributed by atoms with Gasteiger partial charge in [-0.3, -0.25) is 19.4 Å². The number of methoxy groups -OCH3 is 3. The lowest BCUT2D eigenvalue weighted by atomic mass is 9.78. The van der Waals surface area contributed by atoms with Crippen LogP contribution in [-0.4, -0.2) is 109 Å². The van der Waals surface area contributed by atoms with Crippen molar-refractivity contribution in [2.24, 2.45) is 0 Å². The Bertz CT molecular complexity index is 1880. The molecular formula is C36H43FN4O8S. The van der Waals surface area contributed by atoms with Gasteiger partial charge >= 0.3 is 0 Å². The monoisotopic (exact) mass is 710 g/mol. The van der Waals surface area contributed by atoms with E-state index in [4.69, 9.17) is 18.9 Å². The van der Waals surface area contributed by atoms with Gasteiger partial charge in [0.15, 0.2) is 5.54 Å². The summed E-state index contributed by atoms with van der Waals surface area (Å²) in [5, 5.41) is 0. The largest absolute Gasteiger partial charge is 0.497 e. The fraction of sp³-hybridized carbons (Fsp3) is 0.444. The van der Waals surface area contributed by atoms with Crippen LogP contribution < -0.4 is 18.5 Å². The normalized spacial score (nSPS) is 21.5. The van der Waals surface area contributed by atoms with Crippen molar-refractivity contribution in [1.82, 2.24) is 14.7 Å². The number of halogens is 1. The lowest BCUT2D eigenvalue weighted by Crippen LogP contribution is -2.62. The number of likely N-dealkylation sites (N-methyl/N-ethyl adjacent to an activating group) is 1. The maximum atomic E-state index is 15.7. The first-order valence-electron chi connectivity index (χ1n) is 16.6. The number of benzene rings is 3. The summed E-state index contributed by atoms with van der Waals surface area (Å²) in [5.41, 5.74) is -0.762. The summed E-state index contributed by atoms with van der Waals surface area (Å²) in [6.45, 7) is 3.36. The lowest BCUT2D eigenvalue weighted by Gasteiger charge is -2.47. The maximum Gasteiger partial charge on any atom is 0.274 e. The first kappa shape index (κ1) is 35.6. The van der Waals surface area contributed by atoms with Gasteiger partial charge in [0.05, 0.1) is 46.3 Å². The molecule has 2 saturated heterocycles. The van der Waals surface area contributed by atoms with Crippen molar-refractivity contribution in [2.75, 3.05) is 72.6 Å². The molecule has 0 aromatic heterocycles. The standard InChI is InChI=1S/C36H43FN4O8S/c1-38(2)34(42)30-8-6-7-15-40(30)36(28-20-24(9-13-31(28)47-4)23-39-16-18-49-19-17-39)27-21-25(37)10-12-29(27)41(35(36)43)50(44,45)33-14-11-26(46-3)22-32(33)48-5/h9-14,20-22,30H,6-8,15-19,23H2,1-5H3/t30-,36?/m0/s1. The Morgan fingerprint density at radius 3 is 2.34 bits per heavy atom. The summed E-state index contributed by atoms with van der Waals surface area (Å²) in [4.78, 5) is 34.8. The molecular weight excluding hydrogens is 667 g/mol. The molecule has 0 aliphatic carbocycles. The highest BCUT2D eigenvalue weighted by Gasteiger charge is 2.63. The Morgan fingerprint density at radius 2 is 1.66 bits per heavy atom. The van der Waals surface area contributed by atoms with Crippen LogP contribution in [0.1, 0.15) is 36.0 Å². The summed E-state index contributed by atoms with van der Waals surface area (Å²) in [5.74, 6) is -1.19. The van der Waals surface area contributed by atoms with Gasteiger partial charge in [0, 0.05) is 57.5 Å². The van der Waals surface area contributed by atoms with Gasteiger partial charge in [-0.15, -0.1) is 0 Å². The highest BCUT2D eigenvalue weighted by Crippen LogP contribution is 2.55. The van der Waals surface area contributed by atoms with Gasteiger partial charge in [0.2, 0.25) is 5.91 Å². The molecule has 3 aromatic rings. The summed E-state index contributed by atoms with van der Waals surface area (Å²) in [6, 6.07) is 12.5. The number of rotatable bonds is 10. The van der Waals surface area contributed by atoms with Gasteiger partial charge in [0.1, 0.15) is 28.0 Å². The second kappa shape index (κ2) is 14.2. The van der Waals surface area contributed by atoms with Gasteiger partial charge in [-0.05, 0) is 60.9 Å². The summed E-state index contributed by atoms with van der Waals surface area (Å²) in [6.07, 6.45) is 1.73. The zero-order valence-corrected chi connectivity index (χ0v) is 29.8. The number of anilines is 1. The van der Waals surface area contributed by atoms with E-state index < -0.39 is 33.3 Å². The van der Waals surface area contributed by atoms with Crippen LogP contribution in [0.15, 0.2) is 59.5 Å². The molecule has 0 spiro atoms. The molecule has 0 radical (unpaired) electrons. The van der Waals surface area contributed by atoms with Crippen molar-refractivity contribution in [1.29, 1.82) is 0 Å². The van der Waals surface area contributed by atoms with Crippen molar-refractivity contribution < 1.29 is 41.3 Å². The van der Waals surface area contributed by atoms with Gasteiger partial charge in [0.25, 0.3) is 15.9 Å². The molecule has 0 N–H and O–H groups in total. The fourth-order valence-electron chi connectivity index (χ4n) is 7.41. The Morgan fingerprint density at radius 1 is 0.920 bits per heavy atom. The molecule has 3 aliphatic heterocycles. The van der Waals surface area contributed by atoms with E-state index in [2.05, 4.69) is 4.90 Å². The van der Waals surface area contributed by atoms with Gasteiger partial charge in [-0.25, -0.2) is 17.1 Å². The maximum absolute atomic E-state index is 15.7. The van der Waals surface area contributed by atoms with E-state index in [9.17, 15) is 13.2 Å². The minimum atomic E-state index is -4.71. The minimum absolute atomic E-state index is 0.0310. The summed E-state index contributed by atoms with van der Waals surface area (Å²) in [7, 11) is 2.80. The van der Waals surface area contributed by atoms with E-state index in [-0.39, 0.29) is 34.3 Å². The Balaban J connectivity index is 1.65. The molecule has 14 heteroatoms. The van der Waals surface area contributed by atoms with E-state index in [1.807, 2.05) is 12.1 Å². The highest BCUT2D eigenvalue weighted by molar-refractivity contribution is 7.93. The van der Waals surface area contributed by atoms with Gasteiger partial charge in [-0.2, -0.15) is 0 Å². The van der Waals surface area contributed by atoms with E-state index in [1.165, 1.54) is 56.6 Å². The quantitative estimate of drug-likeness (QED) is 0.309. The molecule has 1 unspecified atom stereocenters. The molecule has 2 atom stereocenters. The molecule has 3 aromatic carbocycles. The smallest absolute Gasteiger partial charge is 0.274 e. The molecule has 12 nitrogen and oxygen atoms in total. The van der Waals surface area contributed by atoms with Crippen molar-refractivity contribution >= 4 is 27.5 Å². The first-order chi connectivity index (χ1) is 24.0. The number of fused-ring (bicyclic) bond motifs is 1. The van der Waals surface area contributed by atoms with Crippen molar-refractivity contribution in [3.63, 3.8) is 0 Å². The molecule has 0 bridgehead atoms. The zero-order valence-electron chi connectivity index (χ0n) is 29.0. The number of piperidine rings is 1. The van der Waals surface area contributed by atoms with E-state index in [0.29, 0.717) is 69.2 Å². The summed E-state index contributed by atoms with van der Waals surface area (Å²) >= 11 is 0. The number of likely N-dealkylation sites (tertiary alicyclic amines) is 1. The summed E-state index contributed by atoms with van der Waals surface area (Å²) < 4.78 is 68.2. The molecule has 6 rings (SSSR count). The second-order valence-corrected chi connectivity index (χ2v) is 14.6. The van der Waals surface area contributed by atoms with Crippen LogP contribution in [0.4, 0.5) is 10.1 Å². The van der Waals surface area contributed by atoms with Crippen LogP contribution in [0.5, 0.6) is 17.2 Å². The van der Waals surface area contributed by atoms with Gasteiger partial charge < -0.3 is 23.8 Å². The third-order valence-electron chi connectivity index (χ3n) is 9.77. The third-order valence-corrected chi connectivity index (χ3v) is 11.5. The number of sulfonamides is 1. The zero-order chi connectivity index (χ0) is 35.8. The van der Waals surface area contributed by atoms with Crippen LogP contribution >= 0.6 is 0 Å². The third kappa shape index (κ3) is 5.97. The topological polar surface area (TPSA) is 118 Å². The first-order valence-corrected chi connectivity index (χ1v) is 18.0. The number of hydrogen-bond donors (Lipinski definition) is 0. The second-order valence-electron chi connectivity index (χ2n) is 12.8. The van der Waals surface area contributed by atoms with Crippen LogP contribution in [0.25, 0.3) is 0 Å². The number of nitrogens with zero attached hydrogens (tertiary/aromatic N) is 4. The van der Waals surface area contributed by atoms with E-state index >= 15 is 9.18 Å². The van der Waals surface area contributed by atoms with Crippen LogP contribution in [0, 0.1) is 5.82 Å². The van der Waals surface area contributed by atoms with Crippen molar-refractivity contribution in [3.8, 4) is 17.2 Å². The van der Waals surface area contributed by atoms with Crippen molar-refractivity contribution in [3.05, 3.63) is 77.1 Å². The predicted octanol–water partition coefficient (Wildman–Crippen LogP) is 3.61. The van der Waals surface area contributed by atoms with Crippen LogP contribution in [-0.2, 0) is 36.4 Å². The van der Waals surface area contributed by atoms with Crippen LogP contribution in [0.3, 0.4) is 0 Å².